The van der Waals surface area contributed by atoms with Crippen LogP contribution in [0.3, 0.4) is 0 Å². The topological polar surface area (TPSA) is 56.2 Å². The maximum atomic E-state index is 13.8. The quantitative estimate of drug-likeness (QED) is 0.383. The molecule has 37 heavy (non-hydrogen) atoms. The van der Waals surface area contributed by atoms with Crippen LogP contribution in [0.1, 0.15) is 16.1 Å². The average Bonchev–Trinajstić information content (AvgIpc) is 3.57. The fraction of sp³-hybridized carbons (Fsp3) is 0.233. The number of piperazine rings is 1. The summed E-state index contributed by atoms with van der Waals surface area (Å²) in [4.78, 5) is 18.1. The smallest absolute Gasteiger partial charge is 0.255 e. The van der Waals surface area contributed by atoms with Crippen molar-refractivity contribution in [2.75, 3.05) is 45.0 Å². The summed E-state index contributed by atoms with van der Waals surface area (Å²) in [6, 6.07) is 26.2. The first kappa shape index (κ1) is 23.0. The van der Waals surface area contributed by atoms with Crippen molar-refractivity contribution in [3.63, 3.8) is 0 Å². The second kappa shape index (κ2) is 9.58. The van der Waals surface area contributed by atoms with Gasteiger partial charge in [-0.15, -0.1) is 0 Å². The Morgan fingerprint density at radius 1 is 0.811 bits per heavy atom. The zero-order chi connectivity index (χ0) is 25.4. The number of aromatic nitrogens is 1. The SMILES string of the molecule is COc1ccc(N2CCN(C(=O)c3cc(-c4ccccc4)n(-c4ccc5c(c4)OCO5)c3C)CC2)cc1. The van der Waals surface area contributed by atoms with E-state index in [1.807, 2.05) is 66.4 Å². The predicted molar refractivity (Wildman–Crippen MR) is 143 cm³/mol. The van der Waals surface area contributed by atoms with Crippen LogP contribution < -0.4 is 19.1 Å². The number of rotatable bonds is 5. The number of fused-ring (bicyclic) bond motifs is 1. The molecule has 7 nitrogen and oxygen atoms in total. The molecular weight excluding hydrogens is 466 g/mol. The van der Waals surface area contributed by atoms with Gasteiger partial charge in [0.15, 0.2) is 11.5 Å². The zero-order valence-corrected chi connectivity index (χ0v) is 21.0. The van der Waals surface area contributed by atoms with E-state index >= 15 is 0 Å². The number of carbonyl (C=O) groups is 1. The van der Waals surface area contributed by atoms with E-state index < -0.39 is 0 Å². The molecule has 0 atom stereocenters. The van der Waals surface area contributed by atoms with Crippen molar-refractivity contribution in [1.29, 1.82) is 0 Å². The minimum absolute atomic E-state index is 0.0588. The summed E-state index contributed by atoms with van der Waals surface area (Å²) in [6.45, 7) is 5.14. The van der Waals surface area contributed by atoms with E-state index in [1.165, 1.54) is 0 Å². The van der Waals surface area contributed by atoms with Crippen LogP contribution in [0.4, 0.5) is 5.69 Å². The molecule has 3 heterocycles. The molecule has 1 amide bonds. The molecule has 2 aliphatic heterocycles. The molecule has 0 aliphatic carbocycles. The molecule has 1 fully saturated rings. The molecule has 1 saturated heterocycles. The molecule has 0 saturated carbocycles. The van der Waals surface area contributed by atoms with Crippen LogP contribution in [-0.4, -0.2) is 55.5 Å². The fourth-order valence-corrected chi connectivity index (χ4v) is 5.13. The largest absolute Gasteiger partial charge is 0.497 e. The van der Waals surface area contributed by atoms with Gasteiger partial charge in [-0.25, -0.2) is 0 Å². The molecular formula is C30H29N3O4. The van der Waals surface area contributed by atoms with Crippen LogP contribution in [0.25, 0.3) is 16.9 Å². The van der Waals surface area contributed by atoms with Crippen molar-refractivity contribution in [2.24, 2.45) is 0 Å². The highest BCUT2D eigenvalue weighted by Gasteiger charge is 2.27. The molecule has 0 unspecified atom stereocenters. The first-order valence-electron chi connectivity index (χ1n) is 12.5. The maximum absolute atomic E-state index is 13.8. The van der Waals surface area contributed by atoms with E-state index in [2.05, 4.69) is 33.7 Å². The van der Waals surface area contributed by atoms with E-state index in [-0.39, 0.29) is 12.7 Å². The first-order valence-corrected chi connectivity index (χ1v) is 12.5. The van der Waals surface area contributed by atoms with Crippen LogP contribution in [0.2, 0.25) is 0 Å². The number of hydrogen-bond donors (Lipinski definition) is 0. The Morgan fingerprint density at radius 2 is 1.51 bits per heavy atom. The second-order valence-electron chi connectivity index (χ2n) is 9.24. The van der Waals surface area contributed by atoms with Gasteiger partial charge in [-0.1, -0.05) is 30.3 Å². The zero-order valence-electron chi connectivity index (χ0n) is 21.0. The van der Waals surface area contributed by atoms with E-state index in [9.17, 15) is 4.79 Å². The van der Waals surface area contributed by atoms with Crippen molar-refractivity contribution >= 4 is 11.6 Å². The summed E-state index contributed by atoms with van der Waals surface area (Å²) in [6.07, 6.45) is 0. The van der Waals surface area contributed by atoms with E-state index in [0.29, 0.717) is 18.8 Å². The van der Waals surface area contributed by atoms with Crippen molar-refractivity contribution in [3.8, 4) is 34.2 Å². The number of anilines is 1. The van der Waals surface area contributed by atoms with E-state index in [1.54, 1.807) is 7.11 Å². The molecule has 6 rings (SSSR count). The summed E-state index contributed by atoms with van der Waals surface area (Å²) in [5.74, 6) is 2.35. The lowest BCUT2D eigenvalue weighted by Crippen LogP contribution is -2.48. The molecule has 3 aromatic carbocycles. The van der Waals surface area contributed by atoms with Gasteiger partial charge in [-0.05, 0) is 55.0 Å². The normalized spacial score (nSPS) is 14.6. The predicted octanol–water partition coefficient (Wildman–Crippen LogP) is 5.15. The van der Waals surface area contributed by atoms with Gasteiger partial charge in [0.2, 0.25) is 6.79 Å². The monoisotopic (exact) mass is 495 g/mol. The van der Waals surface area contributed by atoms with Crippen molar-refractivity contribution in [2.45, 2.75) is 6.92 Å². The first-order chi connectivity index (χ1) is 18.1. The second-order valence-corrected chi connectivity index (χ2v) is 9.24. The molecule has 4 aromatic rings. The Morgan fingerprint density at radius 3 is 2.24 bits per heavy atom. The molecule has 0 radical (unpaired) electrons. The lowest BCUT2D eigenvalue weighted by molar-refractivity contribution is 0.0746. The molecule has 2 aliphatic rings. The van der Waals surface area contributed by atoms with Crippen molar-refractivity contribution in [3.05, 3.63) is 90.1 Å². The van der Waals surface area contributed by atoms with Gasteiger partial charge in [0.05, 0.1) is 18.4 Å². The summed E-state index contributed by atoms with van der Waals surface area (Å²) >= 11 is 0. The van der Waals surface area contributed by atoms with Crippen molar-refractivity contribution in [1.82, 2.24) is 9.47 Å². The Bertz CT molecular complexity index is 1420. The Balaban J connectivity index is 1.29. The number of amides is 1. The fourth-order valence-electron chi connectivity index (χ4n) is 5.13. The van der Waals surface area contributed by atoms with Crippen LogP contribution in [0.15, 0.2) is 78.9 Å². The maximum Gasteiger partial charge on any atom is 0.255 e. The number of hydrogen-bond acceptors (Lipinski definition) is 5. The highest BCUT2D eigenvalue weighted by atomic mass is 16.7. The third-order valence-corrected chi connectivity index (χ3v) is 7.17. The average molecular weight is 496 g/mol. The molecule has 7 heteroatoms. The van der Waals surface area contributed by atoms with E-state index in [4.69, 9.17) is 14.2 Å². The van der Waals surface area contributed by atoms with Gasteiger partial charge in [0.25, 0.3) is 5.91 Å². The van der Waals surface area contributed by atoms with Crippen LogP contribution >= 0.6 is 0 Å². The summed E-state index contributed by atoms with van der Waals surface area (Å²) in [7, 11) is 1.67. The van der Waals surface area contributed by atoms with E-state index in [0.717, 1.165) is 58.5 Å². The minimum Gasteiger partial charge on any atom is -0.497 e. The lowest BCUT2D eigenvalue weighted by atomic mass is 10.1. The third kappa shape index (κ3) is 4.27. The van der Waals surface area contributed by atoms with Gasteiger partial charge in [0.1, 0.15) is 5.75 Å². The highest BCUT2D eigenvalue weighted by molar-refractivity contribution is 5.97. The van der Waals surface area contributed by atoms with Gasteiger partial charge >= 0.3 is 0 Å². The van der Waals surface area contributed by atoms with Crippen LogP contribution in [0.5, 0.6) is 17.2 Å². The Labute approximate surface area is 216 Å². The summed E-state index contributed by atoms with van der Waals surface area (Å²) in [5, 5.41) is 0. The van der Waals surface area contributed by atoms with Crippen LogP contribution in [-0.2, 0) is 0 Å². The summed E-state index contributed by atoms with van der Waals surface area (Å²) < 4.78 is 18.6. The molecule has 0 bridgehead atoms. The van der Waals surface area contributed by atoms with Gasteiger partial charge in [-0.3, -0.25) is 4.79 Å². The number of nitrogens with zero attached hydrogens (tertiary/aromatic N) is 3. The summed E-state index contributed by atoms with van der Waals surface area (Å²) in [5.41, 5.74) is 5.71. The highest BCUT2D eigenvalue weighted by Crippen LogP contribution is 2.37. The van der Waals surface area contributed by atoms with Crippen molar-refractivity contribution < 1.29 is 19.0 Å². The van der Waals surface area contributed by atoms with Gasteiger partial charge in [0, 0.05) is 49.3 Å². The lowest BCUT2D eigenvalue weighted by Gasteiger charge is -2.36. The molecule has 0 spiro atoms. The van der Waals surface area contributed by atoms with Gasteiger partial charge < -0.3 is 28.6 Å². The number of methoxy groups -OCH3 is 1. The molecule has 0 N–H and O–H groups in total. The molecule has 1 aromatic heterocycles. The standard InChI is InChI=1S/C30H29N3O4/c1-21-26(30(34)32-16-14-31(15-17-32)23-8-11-25(35-2)12-9-23)19-27(22-6-4-3-5-7-22)33(21)24-10-13-28-29(18-24)37-20-36-28/h3-13,18-19H,14-17,20H2,1-2H3. The Kier molecular flexibility index (Phi) is 5.96. The number of carbonyl (C=O) groups excluding carboxylic acids is 1. The Hall–Kier alpha value is -4.39. The van der Waals surface area contributed by atoms with Gasteiger partial charge in [-0.2, -0.15) is 0 Å². The minimum atomic E-state index is 0.0588. The third-order valence-electron chi connectivity index (χ3n) is 7.17. The molecule has 188 valence electrons. The number of benzene rings is 3. The van der Waals surface area contributed by atoms with Crippen LogP contribution in [0, 0.1) is 6.92 Å². The number of ether oxygens (including phenoxy) is 3.